The first-order chi connectivity index (χ1) is 30.3. The molecule has 0 spiro atoms. The fourth-order valence-electron chi connectivity index (χ4n) is 5.60. The van der Waals surface area contributed by atoms with Crippen molar-refractivity contribution >= 4 is 42.2 Å². The zero-order valence-corrected chi connectivity index (χ0v) is 41.4. The second-order valence-electron chi connectivity index (χ2n) is 17.0. The summed E-state index contributed by atoms with van der Waals surface area (Å²) in [5.74, 6) is -1.28. The van der Waals surface area contributed by atoms with Crippen molar-refractivity contribution in [2.75, 3.05) is 115 Å². The normalized spacial score (nSPS) is 28.8. The number of epoxide rings is 5. The summed E-state index contributed by atoms with van der Waals surface area (Å²) in [5.41, 5.74) is 0.656. The summed E-state index contributed by atoms with van der Waals surface area (Å²) in [6, 6.07) is 0. The van der Waals surface area contributed by atoms with Crippen LogP contribution in [0.2, 0.25) is 0 Å². The van der Waals surface area contributed by atoms with E-state index in [1.807, 2.05) is 6.92 Å². The number of hydrogen-bond acceptors (Lipinski definition) is 17. The molecule has 9 aliphatic rings. The number of carbonyl (C=O) groups is 5. The SMILES string of the molecule is CC1CO1.CC1OC1(C)C.CCC1(COC)COC1.CN1C(=O)C=CC1=O.COC(=O)CN1C(=O)C=CC1=O.COCC1(C)CO1.COCC1CCC2OC2C1.COCC1CO1.CS. The van der Waals surface area contributed by atoms with E-state index in [1.165, 1.54) is 52.0 Å². The molecule has 8 aliphatic heterocycles. The lowest BCUT2D eigenvalue weighted by molar-refractivity contribution is -0.149. The number of likely N-dealkylation sites (N-methyl/N-ethyl adjacent to an activating group) is 1. The molecule has 6 saturated heterocycles. The Balaban J connectivity index is 0.000000369. The Labute approximate surface area is 386 Å². The molecule has 64 heavy (non-hydrogen) atoms. The molecule has 7 unspecified atom stereocenters. The number of nitrogens with zero attached hydrogens (tertiary/aromatic N) is 2. The highest BCUT2D eigenvalue weighted by Crippen LogP contribution is 2.39. The van der Waals surface area contributed by atoms with Gasteiger partial charge < -0.3 is 52.1 Å². The van der Waals surface area contributed by atoms with Crippen molar-refractivity contribution in [3.05, 3.63) is 24.3 Å². The minimum Gasteiger partial charge on any atom is -0.468 e. The highest BCUT2D eigenvalue weighted by atomic mass is 32.1. The molecule has 7 fully saturated rings. The quantitative estimate of drug-likeness (QED) is 0.136. The Hall–Kier alpha value is -2.82. The monoisotopic (exact) mass is 935 g/mol. The number of esters is 1. The van der Waals surface area contributed by atoms with Crippen molar-refractivity contribution in [3.8, 4) is 0 Å². The maximum Gasteiger partial charge on any atom is 0.325 e. The van der Waals surface area contributed by atoms with Crippen LogP contribution in [0.3, 0.4) is 0 Å². The first kappa shape index (κ1) is 59.2. The third-order valence-corrected chi connectivity index (χ3v) is 10.7. The topological polar surface area (TPSA) is 210 Å². The molecule has 0 aromatic rings. The second-order valence-corrected chi connectivity index (χ2v) is 17.0. The minimum absolute atomic E-state index is 0.0781. The number of fused-ring (bicyclic) bond motifs is 1. The van der Waals surface area contributed by atoms with Crippen LogP contribution in [0.4, 0.5) is 0 Å². The summed E-state index contributed by atoms with van der Waals surface area (Å²) < 4.78 is 54.2. The van der Waals surface area contributed by atoms with Crippen LogP contribution in [0.15, 0.2) is 24.3 Å². The Morgan fingerprint density at radius 2 is 1.25 bits per heavy atom. The molecule has 0 N–H and O–H groups in total. The van der Waals surface area contributed by atoms with E-state index < -0.39 is 17.8 Å². The summed E-state index contributed by atoms with van der Waals surface area (Å²) in [4.78, 5) is 55.0. The highest BCUT2D eigenvalue weighted by molar-refractivity contribution is 7.79. The lowest BCUT2D eigenvalue weighted by Crippen LogP contribution is -2.45. The van der Waals surface area contributed by atoms with Crippen LogP contribution in [0.5, 0.6) is 0 Å². The van der Waals surface area contributed by atoms with Gasteiger partial charge in [0.15, 0.2) is 0 Å². The Kier molecular flexibility index (Phi) is 28.2. The Morgan fingerprint density at radius 3 is 1.50 bits per heavy atom. The van der Waals surface area contributed by atoms with Crippen molar-refractivity contribution in [1.82, 2.24) is 9.80 Å². The highest BCUT2D eigenvalue weighted by Gasteiger charge is 2.44. The molecule has 9 rings (SSSR count). The van der Waals surface area contributed by atoms with Crippen LogP contribution in [0, 0.1) is 11.3 Å². The lowest BCUT2D eigenvalue weighted by Gasteiger charge is -2.39. The maximum atomic E-state index is 10.8. The van der Waals surface area contributed by atoms with Crippen LogP contribution < -0.4 is 0 Å². The molecule has 4 amide bonds. The van der Waals surface area contributed by atoms with Gasteiger partial charge in [0.1, 0.15) is 18.2 Å². The number of imide groups is 2. The maximum absolute atomic E-state index is 10.8. The Morgan fingerprint density at radius 1 is 0.766 bits per heavy atom. The number of amides is 4. The van der Waals surface area contributed by atoms with Crippen molar-refractivity contribution in [3.63, 3.8) is 0 Å². The minimum atomic E-state index is -0.611. The van der Waals surface area contributed by atoms with Crippen molar-refractivity contribution in [2.45, 2.75) is 109 Å². The van der Waals surface area contributed by atoms with Crippen LogP contribution in [-0.4, -0.2) is 196 Å². The molecule has 0 bridgehead atoms. The van der Waals surface area contributed by atoms with Crippen LogP contribution in [-0.2, 0) is 76.1 Å². The van der Waals surface area contributed by atoms with Gasteiger partial charge >= 0.3 is 5.97 Å². The molecule has 19 heteroatoms. The van der Waals surface area contributed by atoms with Gasteiger partial charge in [-0.05, 0) is 72.5 Å². The van der Waals surface area contributed by atoms with Crippen LogP contribution in [0.1, 0.15) is 67.2 Å². The summed E-state index contributed by atoms with van der Waals surface area (Å²) in [7, 11) is 9.54. The summed E-state index contributed by atoms with van der Waals surface area (Å²) in [6.07, 6.45) is 14.1. The fraction of sp³-hybridized carbons (Fsp3) is 0.800. The van der Waals surface area contributed by atoms with Gasteiger partial charge in [0.2, 0.25) is 0 Å². The third kappa shape index (κ3) is 25.2. The molecule has 0 radical (unpaired) electrons. The molecule has 370 valence electrons. The number of hydrogen-bond donors (Lipinski definition) is 1. The van der Waals surface area contributed by atoms with E-state index in [9.17, 15) is 24.0 Å². The first-order valence-corrected chi connectivity index (χ1v) is 22.5. The van der Waals surface area contributed by atoms with Gasteiger partial charge in [0, 0.05) is 71.8 Å². The van der Waals surface area contributed by atoms with E-state index in [0.717, 1.165) is 87.3 Å². The van der Waals surface area contributed by atoms with E-state index >= 15 is 0 Å². The molecule has 8 heterocycles. The zero-order valence-electron chi connectivity index (χ0n) is 40.5. The zero-order chi connectivity index (χ0) is 48.5. The van der Waals surface area contributed by atoms with Crippen molar-refractivity contribution in [1.29, 1.82) is 0 Å². The van der Waals surface area contributed by atoms with Gasteiger partial charge in [-0.15, -0.1) is 0 Å². The second kappa shape index (κ2) is 30.5. The van der Waals surface area contributed by atoms with Crippen LogP contribution >= 0.6 is 12.6 Å². The molecule has 0 aromatic carbocycles. The van der Waals surface area contributed by atoms with Crippen molar-refractivity contribution < 1.29 is 76.1 Å². The largest absolute Gasteiger partial charge is 0.468 e. The predicted octanol–water partition coefficient (Wildman–Crippen LogP) is 3.47. The molecule has 1 aliphatic carbocycles. The van der Waals surface area contributed by atoms with Gasteiger partial charge in [0.25, 0.3) is 23.6 Å². The predicted molar refractivity (Wildman–Crippen MR) is 241 cm³/mol. The molecule has 18 nitrogen and oxygen atoms in total. The summed E-state index contributed by atoms with van der Waals surface area (Å²) in [5, 5.41) is 0. The number of ether oxygens (including phenoxy) is 11. The standard InChI is InChI=1S/C8H14O2.C7H7NO4.C7H14O2.C5H5NO2.C5H10O2.C5H10O.C4H8O2.C3H6O.CH4S/c1-9-5-6-2-3-7-8(4-6)10-7;1-12-7(11)4-8-5(9)2-3-6(8)10;1-3-7(4-8-2)5-9-6-7;1-6-4(7)2-3-5(6)8;1-5(3-6-2)4-7-5;1-4-5(2,3)6-4;1-5-2-4-3-6-4;1-3-2-4-3;1-2/h6-8H,2-5H2,1H3;2-3H,4H2,1H3;3-6H2,1-2H3;2-3H,1H3;3-4H2,1-2H3;4H,1-3H3;4H,2-3H2,1H3;3H,2H2,1H3;2H,1H3. The van der Waals surface area contributed by atoms with Gasteiger partial charge in [-0.3, -0.25) is 33.8 Å². The van der Waals surface area contributed by atoms with Crippen LogP contribution in [0.25, 0.3) is 0 Å². The summed E-state index contributed by atoms with van der Waals surface area (Å²) in [6.45, 7) is 20.0. The molecule has 7 atom stereocenters. The smallest absolute Gasteiger partial charge is 0.325 e. The molecule has 0 aromatic heterocycles. The third-order valence-electron chi connectivity index (χ3n) is 10.7. The van der Waals surface area contributed by atoms with E-state index in [2.05, 4.69) is 52.0 Å². The first-order valence-electron chi connectivity index (χ1n) is 21.6. The average molecular weight is 935 g/mol. The van der Waals surface area contributed by atoms with Gasteiger partial charge in [0.05, 0.1) is 90.0 Å². The van der Waals surface area contributed by atoms with E-state index in [4.69, 9.17) is 47.4 Å². The fourth-order valence-corrected chi connectivity index (χ4v) is 5.60. The molecular formula is C45H78N2O16S. The van der Waals surface area contributed by atoms with Gasteiger partial charge in [-0.1, -0.05) is 6.92 Å². The average Bonchev–Trinajstić information content (AvgIpc) is 4.00. The number of thiol groups is 1. The summed E-state index contributed by atoms with van der Waals surface area (Å²) >= 11 is 3.53. The van der Waals surface area contributed by atoms with Crippen molar-refractivity contribution in [2.24, 2.45) is 11.3 Å². The van der Waals surface area contributed by atoms with E-state index in [1.54, 1.807) is 34.7 Å². The molecular weight excluding hydrogens is 857 g/mol. The number of carbonyl (C=O) groups excluding carboxylic acids is 5. The number of rotatable bonds is 11. The van der Waals surface area contributed by atoms with E-state index in [-0.39, 0.29) is 29.6 Å². The van der Waals surface area contributed by atoms with E-state index in [0.29, 0.717) is 35.9 Å². The number of methoxy groups -OCH3 is 5. The molecule has 1 saturated carbocycles. The van der Waals surface area contributed by atoms with Gasteiger partial charge in [-0.2, -0.15) is 12.6 Å². The van der Waals surface area contributed by atoms with Gasteiger partial charge in [-0.25, -0.2) is 0 Å². The lowest BCUT2D eigenvalue weighted by atomic mass is 9.84. The Bertz CT molecular complexity index is 1420.